The van der Waals surface area contributed by atoms with Crippen LogP contribution in [0.4, 0.5) is 5.82 Å². The standard InChI is InChI=1S/C15H20BN6O/c1-19-14-11(4-7-20-14)13(18)21-8-2-5-15(9-21)16-10-22(15)12(23)3-6-17/h4,7,18-20H,2-3,5,8-10H2,1H3. The maximum Gasteiger partial charge on any atom is 0.235 e. The fourth-order valence-electron chi connectivity index (χ4n) is 3.54. The van der Waals surface area contributed by atoms with Crippen LogP contribution >= 0.6 is 0 Å². The van der Waals surface area contributed by atoms with Crippen LogP contribution in [0.25, 0.3) is 0 Å². The molecule has 3 heterocycles. The van der Waals surface area contributed by atoms with E-state index in [0.717, 1.165) is 30.8 Å². The lowest BCUT2D eigenvalue weighted by molar-refractivity contribution is -0.136. The van der Waals surface area contributed by atoms with Gasteiger partial charge in [0, 0.05) is 31.8 Å². The summed E-state index contributed by atoms with van der Waals surface area (Å²) in [4.78, 5) is 19.0. The van der Waals surface area contributed by atoms with E-state index in [-0.39, 0.29) is 17.8 Å². The maximum absolute atomic E-state index is 12.1. The first-order valence-corrected chi connectivity index (χ1v) is 7.82. The van der Waals surface area contributed by atoms with Gasteiger partial charge in [0.2, 0.25) is 5.91 Å². The highest BCUT2D eigenvalue weighted by molar-refractivity contribution is 6.46. The van der Waals surface area contributed by atoms with E-state index in [4.69, 9.17) is 10.7 Å². The fourth-order valence-corrected chi connectivity index (χ4v) is 3.54. The number of amidine groups is 1. The van der Waals surface area contributed by atoms with Gasteiger partial charge in [0.05, 0.1) is 11.6 Å². The Hall–Kier alpha value is -2.43. The third kappa shape index (κ3) is 2.56. The number of likely N-dealkylation sites (tertiary alicyclic amines) is 1. The number of nitrogens with one attached hydrogen (secondary N) is 3. The Labute approximate surface area is 136 Å². The molecule has 7 nitrogen and oxygen atoms in total. The zero-order chi connectivity index (χ0) is 16.4. The zero-order valence-electron chi connectivity index (χ0n) is 13.2. The number of aromatic nitrogens is 1. The van der Waals surface area contributed by atoms with Crippen LogP contribution in [0.1, 0.15) is 24.8 Å². The first-order chi connectivity index (χ1) is 11.1. The Kier molecular flexibility index (Phi) is 4.03. The molecule has 1 spiro atoms. The Morgan fingerprint density at radius 1 is 1.65 bits per heavy atom. The minimum absolute atomic E-state index is 0.0747. The Morgan fingerprint density at radius 3 is 3.13 bits per heavy atom. The number of H-pyrrole nitrogens is 1. The van der Waals surface area contributed by atoms with Gasteiger partial charge in [-0.3, -0.25) is 10.2 Å². The largest absolute Gasteiger partial charge is 0.374 e. The summed E-state index contributed by atoms with van der Waals surface area (Å²) in [5.74, 6) is 1.17. The van der Waals surface area contributed by atoms with Crippen molar-refractivity contribution in [2.45, 2.75) is 24.7 Å². The smallest absolute Gasteiger partial charge is 0.235 e. The van der Waals surface area contributed by atoms with Crippen LogP contribution in [-0.2, 0) is 4.79 Å². The number of carbonyl (C=O) groups excluding carboxylic acids is 1. The molecule has 1 radical (unpaired) electrons. The zero-order valence-corrected chi connectivity index (χ0v) is 13.2. The minimum Gasteiger partial charge on any atom is -0.374 e. The number of rotatable bonds is 3. The van der Waals surface area contributed by atoms with Crippen molar-refractivity contribution in [3.05, 3.63) is 17.8 Å². The first-order valence-electron chi connectivity index (χ1n) is 7.82. The van der Waals surface area contributed by atoms with E-state index in [2.05, 4.69) is 17.6 Å². The van der Waals surface area contributed by atoms with Crippen molar-refractivity contribution >= 4 is 24.8 Å². The molecule has 119 valence electrons. The van der Waals surface area contributed by atoms with Gasteiger partial charge in [0.25, 0.3) is 0 Å². The topological polar surface area (TPSA) is 99.0 Å². The molecular weight excluding hydrogens is 291 g/mol. The van der Waals surface area contributed by atoms with Crippen molar-refractivity contribution in [1.82, 2.24) is 14.8 Å². The van der Waals surface area contributed by atoms with Crippen LogP contribution < -0.4 is 5.32 Å². The molecule has 1 aromatic heterocycles. The van der Waals surface area contributed by atoms with Gasteiger partial charge in [0.1, 0.15) is 18.1 Å². The predicted molar refractivity (Wildman–Crippen MR) is 88.4 cm³/mol. The second-order valence-corrected chi connectivity index (χ2v) is 6.04. The van der Waals surface area contributed by atoms with E-state index in [1.54, 1.807) is 4.90 Å². The quantitative estimate of drug-likeness (QED) is 0.432. The van der Waals surface area contributed by atoms with Gasteiger partial charge in [-0.25, -0.2) is 0 Å². The maximum atomic E-state index is 12.1. The lowest BCUT2D eigenvalue weighted by atomic mass is 9.46. The average molecular weight is 311 g/mol. The molecule has 0 aliphatic carbocycles. The van der Waals surface area contributed by atoms with Gasteiger partial charge in [0.15, 0.2) is 7.28 Å². The van der Waals surface area contributed by atoms with Gasteiger partial charge in [-0.15, -0.1) is 0 Å². The van der Waals surface area contributed by atoms with Crippen LogP contribution in [0.2, 0.25) is 0 Å². The van der Waals surface area contributed by atoms with Crippen LogP contribution in [0.3, 0.4) is 0 Å². The van der Waals surface area contributed by atoms with Gasteiger partial charge < -0.3 is 20.1 Å². The van der Waals surface area contributed by atoms with Crippen molar-refractivity contribution in [1.29, 1.82) is 10.7 Å². The fraction of sp³-hybridized carbons (Fsp3) is 0.533. The first kappa shape index (κ1) is 15.5. The Bertz CT molecular complexity index is 665. The summed E-state index contributed by atoms with van der Waals surface area (Å²) >= 11 is 0. The van der Waals surface area contributed by atoms with Gasteiger partial charge in [-0.1, -0.05) is 0 Å². The van der Waals surface area contributed by atoms with E-state index < -0.39 is 0 Å². The molecule has 2 fully saturated rings. The van der Waals surface area contributed by atoms with Crippen molar-refractivity contribution in [2.24, 2.45) is 0 Å². The van der Waals surface area contributed by atoms with Crippen molar-refractivity contribution < 1.29 is 4.79 Å². The molecule has 3 N–H and O–H groups in total. The second-order valence-electron chi connectivity index (χ2n) is 6.04. The van der Waals surface area contributed by atoms with E-state index in [1.807, 2.05) is 30.3 Å². The van der Waals surface area contributed by atoms with Crippen LogP contribution in [-0.4, -0.2) is 65.8 Å². The number of hydrogen-bond acceptors (Lipinski definition) is 4. The number of amides is 1. The van der Waals surface area contributed by atoms with E-state index in [1.165, 1.54) is 0 Å². The number of nitriles is 1. The van der Waals surface area contributed by atoms with E-state index >= 15 is 0 Å². The van der Waals surface area contributed by atoms with E-state index in [0.29, 0.717) is 18.8 Å². The number of piperidine rings is 1. The Morgan fingerprint density at radius 2 is 2.48 bits per heavy atom. The molecule has 2 aliphatic heterocycles. The van der Waals surface area contributed by atoms with Gasteiger partial charge in [-0.05, 0) is 25.4 Å². The van der Waals surface area contributed by atoms with Crippen LogP contribution in [0, 0.1) is 16.7 Å². The molecule has 2 aliphatic rings. The average Bonchev–Trinajstić information content (AvgIpc) is 3.02. The minimum atomic E-state index is -0.311. The third-order valence-corrected chi connectivity index (χ3v) is 4.79. The van der Waals surface area contributed by atoms with Crippen molar-refractivity contribution in [3.63, 3.8) is 0 Å². The van der Waals surface area contributed by atoms with Crippen LogP contribution in [0.5, 0.6) is 0 Å². The molecule has 23 heavy (non-hydrogen) atoms. The molecule has 1 unspecified atom stereocenters. The predicted octanol–water partition coefficient (Wildman–Crippen LogP) is 0.591. The lowest BCUT2D eigenvalue weighted by Gasteiger charge is -2.57. The molecule has 2 saturated heterocycles. The highest BCUT2D eigenvalue weighted by Crippen LogP contribution is 2.34. The number of aromatic amines is 1. The van der Waals surface area contributed by atoms with Crippen molar-refractivity contribution in [3.8, 4) is 6.07 Å². The van der Waals surface area contributed by atoms with Gasteiger partial charge in [-0.2, -0.15) is 5.26 Å². The molecule has 0 aromatic carbocycles. The SMILES string of the molecule is CNc1[nH]ccc1C(=N)N1CCCC2([B]CN2C(=O)CC#N)C1. The second kappa shape index (κ2) is 5.99. The molecule has 1 amide bonds. The molecule has 8 heteroatoms. The molecule has 0 saturated carbocycles. The normalized spacial score (nSPS) is 23.0. The lowest BCUT2D eigenvalue weighted by Crippen LogP contribution is -2.74. The third-order valence-electron chi connectivity index (χ3n) is 4.79. The highest BCUT2D eigenvalue weighted by atomic mass is 16.2. The summed E-state index contributed by atoms with van der Waals surface area (Å²) in [5, 5.41) is 20.3. The number of nitrogens with zero attached hydrogens (tertiary/aromatic N) is 3. The highest BCUT2D eigenvalue weighted by Gasteiger charge is 2.50. The van der Waals surface area contributed by atoms with Crippen molar-refractivity contribution in [2.75, 3.05) is 31.9 Å². The van der Waals surface area contributed by atoms with E-state index in [9.17, 15) is 4.79 Å². The number of hydrogen-bond donors (Lipinski definition) is 3. The summed E-state index contributed by atoms with van der Waals surface area (Å²) in [5.41, 5.74) is 0.521. The number of anilines is 1. The molecular formula is C15H20BN6O. The summed E-state index contributed by atoms with van der Waals surface area (Å²) in [6.07, 6.45) is 4.17. The summed E-state index contributed by atoms with van der Waals surface area (Å²) in [6, 6.07) is 3.82. The summed E-state index contributed by atoms with van der Waals surface area (Å²) < 4.78 is 0. The van der Waals surface area contributed by atoms with Gasteiger partial charge >= 0.3 is 0 Å². The molecule has 1 atom stereocenters. The van der Waals surface area contributed by atoms with Crippen LogP contribution in [0.15, 0.2) is 12.3 Å². The summed E-state index contributed by atoms with van der Waals surface area (Å²) in [7, 11) is 3.97. The summed E-state index contributed by atoms with van der Waals surface area (Å²) in [6.45, 7) is 1.43. The monoisotopic (exact) mass is 311 g/mol. The molecule has 0 bridgehead atoms. The number of carbonyl (C=O) groups is 1. The Balaban J connectivity index is 1.75. The molecule has 3 rings (SSSR count). The molecule has 1 aromatic rings.